The first-order valence-corrected chi connectivity index (χ1v) is 5.33. The third kappa shape index (κ3) is 1.65. The van der Waals surface area contributed by atoms with Crippen molar-refractivity contribution < 1.29 is 9.90 Å². The Kier molecular flexibility index (Phi) is 2.91. The van der Waals surface area contributed by atoms with Crippen LogP contribution in [0.15, 0.2) is 0 Å². The van der Waals surface area contributed by atoms with E-state index in [1.807, 2.05) is 27.7 Å². The van der Waals surface area contributed by atoms with Gasteiger partial charge < -0.3 is 5.11 Å². The van der Waals surface area contributed by atoms with E-state index in [1.54, 1.807) is 0 Å². The van der Waals surface area contributed by atoms with Gasteiger partial charge in [0, 0.05) is 6.04 Å². The van der Waals surface area contributed by atoms with Gasteiger partial charge in [-0.25, -0.2) is 0 Å². The van der Waals surface area contributed by atoms with E-state index in [4.69, 9.17) is 0 Å². The average Bonchev–Trinajstić information content (AvgIpc) is 2.26. The topological polar surface area (TPSA) is 49.3 Å². The van der Waals surface area contributed by atoms with Crippen molar-refractivity contribution in [3.63, 3.8) is 0 Å². The van der Waals surface area contributed by atoms with Crippen LogP contribution in [0.5, 0.6) is 0 Å². The van der Waals surface area contributed by atoms with Crippen molar-refractivity contribution >= 4 is 5.97 Å². The molecule has 82 valence electrons. The smallest absolute Gasteiger partial charge is 0.324 e. The molecule has 0 aromatic carbocycles. The van der Waals surface area contributed by atoms with Crippen molar-refractivity contribution in [2.45, 2.75) is 58.5 Å². The zero-order valence-corrected chi connectivity index (χ0v) is 9.55. The van der Waals surface area contributed by atoms with Gasteiger partial charge in [0.2, 0.25) is 0 Å². The fourth-order valence-corrected chi connectivity index (χ4v) is 2.57. The van der Waals surface area contributed by atoms with Crippen LogP contribution in [-0.4, -0.2) is 22.7 Å². The van der Waals surface area contributed by atoms with Crippen LogP contribution in [0.4, 0.5) is 0 Å². The summed E-state index contributed by atoms with van der Waals surface area (Å²) < 4.78 is 0. The Morgan fingerprint density at radius 1 is 1.36 bits per heavy atom. The number of carbonyl (C=O) groups is 1. The molecule has 0 amide bonds. The van der Waals surface area contributed by atoms with Gasteiger partial charge in [0.1, 0.15) is 5.54 Å². The van der Waals surface area contributed by atoms with Crippen LogP contribution in [0, 0.1) is 5.41 Å². The van der Waals surface area contributed by atoms with Gasteiger partial charge in [0.15, 0.2) is 0 Å². The lowest BCUT2D eigenvalue weighted by Crippen LogP contribution is -2.60. The monoisotopic (exact) mass is 199 g/mol. The first-order valence-electron chi connectivity index (χ1n) is 5.33. The Morgan fingerprint density at radius 2 is 1.93 bits per heavy atom. The molecule has 0 heterocycles. The number of hydrogen-bond donors (Lipinski definition) is 2. The fourth-order valence-electron chi connectivity index (χ4n) is 2.57. The summed E-state index contributed by atoms with van der Waals surface area (Å²) in [6.45, 7) is 8.09. The minimum absolute atomic E-state index is 0.150. The highest BCUT2D eigenvalue weighted by molar-refractivity contribution is 5.80. The van der Waals surface area contributed by atoms with Crippen molar-refractivity contribution in [1.29, 1.82) is 0 Å². The van der Waals surface area contributed by atoms with E-state index in [1.165, 1.54) is 0 Å². The summed E-state index contributed by atoms with van der Waals surface area (Å²) in [7, 11) is 0. The van der Waals surface area contributed by atoms with Crippen LogP contribution >= 0.6 is 0 Å². The molecule has 0 aromatic heterocycles. The first kappa shape index (κ1) is 11.5. The molecule has 1 unspecified atom stereocenters. The molecular weight excluding hydrogens is 178 g/mol. The molecule has 14 heavy (non-hydrogen) atoms. The van der Waals surface area contributed by atoms with E-state index < -0.39 is 11.5 Å². The molecule has 1 aliphatic rings. The summed E-state index contributed by atoms with van der Waals surface area (Å²) >= 11 is 0. The van der Waals surface area contributed by atoms with E-state index in [-0.39, 0.29) is 11.5 Å². The van der Waals surface area contributed by atoms with Gasteiger partial charge in [-0.05, 0) is 32.1 Å². The van der Waals surface area contributed by atoms with Crippen molar-refractivity contribution in [3.05, 3.63) is 0 Å². The molecule has 1 atom stereocenters. The lowest BCUT2D eigenvalue weighted by Gasteiger charge is -2.40. The van der Waals surface area contributed by atoms with Gasteiger partial charge in [0.05, 0.1) is 0 Å². The quantitative estimate of drug-likeness (QED) is 0.731. The van der Waals surface area contributed by atoms with Crippen molar-refractivity contribution in [3.8, 4) is 0 Å². The van der Waals surface area contributed by atoms with E-state index >= 15 is 0 Å². The molecule has 1 saturated carbocycles. The highest BCUT2D eigenvalue weighted by Crippen LogP contribution is 2.46. The first-order chi connectivity index (χ1) is 6.32. The molecule has 0 bridgehead atoms. The van der Waals surface area contributed by atoms with Crippen molar-refractivity contribution in [1.82, 2.24) is 5.32 Å². The van der Waals surface area contributed by atoms with Gasteiger partial charge >= 0.3 is 5.97 Å². The largest absolute Gasteiger partial charge is 0.480 e. The second-order valence-corrected chi connectivity index (χ2v) is 5.25. The lowest BCUT2D eigenvalue weighted by molar-refractivity contribution is -0.149. The summed E-state index contributed by atoms with van der Waals surface area (Å²) in [6.07, 6.45) is 2.73. The zero-order valence-electron chi connectivity index (χ0n) is 9.55. The molecule has 3 nitrogen and oxygen atoms in total. The minimum Gasteiger partial charge on any atom is -0.480 e. The Morgan fingerprint density at radius 3 is 2.21 bits per heavy atom. The summed E-state index contributed by atoms with van der Waals surface area (Å²) in [5, 5.41) is 12.6. The van der Waals surface area contributed by atoms with Crippen LogP contribution in [0.25, 0.3) is 0 Å². The summed E-state index contributed by atoms with van der Waals surface area (Å²) in [4.78, 5) is 11.4. The third-order valence-corrected chi connectivity index (χ3v) is 3.41. The number of carboxylic acids is 1. The van der Waals surface area contributed by atoms with Crippen LogP contribution in [-0.2, 0) is 4.79 Å². The molecule has 3 heteroatoms. The molecule has 0 aliphatic heterocycles. The van der Waals surface area contributed by atoms with E-state index in [0.717, 1.165) is 19.3 Å². The number of nitrogens with one attached hydrogen (secondary N) is 1. The third-order valence-electron chi connectivity index (χ3n) is 3.41. The maximum Gasteiger partial charge on any atom is 0.324 e. The average molecular weight is 199 g/mol. The summed E-state index contributed by atoms with van der Waals surface area (Å²) in [6, 6.07) is 0.212. The predicted molar refractivity (Wildman–Crippen MR) is 56.3 cm³/mol. The molecular formula is C11H21NO2. The fraction of sp³-hybridized carbons (Fsp3) is 0.909. The highest BCUT2D eigenvalue weighted by atomic mass is 16.4. The Bertz CT molecular complexity index is 235. The van der Waals surface area contributed by atoms with Crippen LogP contribution < -0.4 is 5.32 Å². The summed E-state index contributed by atoms with van der Waals surface area (Å²) in [5.74, 6) is -0.700. The second kappa shape index (κ2) is 3.54. The standard InChI is InChI=1S/C11H21NO2/c1-8(2)12-11(9(13)14)7-5-6-10(11,3)4/h8,12H,5-7H2,1-4H3,(H,13,14). The molecule has 2 N–H and O–H groups in total. The Hall–Kier alpha value is -0.570. The van der Waals surface area contributed by atoms with Gasteiger partial charge in [-0.15, -0.1) is 0 Å². The highest BCUT2D eigenvalue weighted by Gasteiger charge is 2.54. The van der Waals surface area contributed by atoms with Crippen LogP contribution in [0.3, 0.4) is 0 Å². The van der Waals surface area contributed by atoms with Crippen molar-refractivity contribution in [2.24, 2.45) is 5.41 Å². The molecule has 1 rings (SSSR count). The number of rotatable bonds is 3. The van der Waals surface area contributed by atoms with Crippen molar-refractivity contribution in [2.75, 3.05) is 0 Å². The lowest BCUT2D eigenvalue weighted by atomic mass is 9.74. The molecule has 1 aliphatic carbocycles. The van der Waals surface area contributed by atoms with Crippen LogP contribution in [0.1, 0.15) is 47.0 Å². The number of aliphatic carboxylic acids is 1. The van der Waals surface area contributed by atoms with Gasteiger partial charge in [-0.1, -0.05) is 20.3 Å². The maximum atomic E-state index is 11.4. The van der Waals surface area contributed by atoms with Gasteiger partial charge in [0.25, 0.3) is 0 Å². The molecule has 0 saturated heterocycles. The Labute approximate surface area is 85.9 Å². The van der Waals surface area contributed by atoms with E-state index in [0.29, 0.717) is 0 Å². The maximum absolute atomic E-state index is 11.4. The Balaban J connectivity index is 2.98. The summed E-state index contributed by atoms with van der Waals surface area (Å²) in [5.41, 5.74) is -0.871. The molecule has 0 spiro atoms. The van der Waals surface area contributed by atoms with Gasteiger partial charge in [-0.3, -0.25) is 10.1 Å². The second-order valence-electron chi connectivity index (χ2n) is 5.25. The van der Waals surface area contributed by atoms with E-state index in [2.05, 4.69) is 5.32 Å². The minimum atomic E-state index is -0.721. The zero-order chi connectivity index (χ0) is 11.0. The molecule has 0 radical (unpaired) electrons. The van der Waals surface area contributed by atoms with Crippen LogP contribution in [0.2, 0.25) is 0 Å². The molecule has 1 fully saturated rings. The number of hydrogen-bond acceptors (Lipinski definition) is 2. The molecule has 0 aromatic rings. The predicted octanol–water partition coefficient (Wildman–Crippen LogP) is 2.02. The normalized spacial score (nSPS) is 30.9. The SMILES string of the molecule is CC(C)NC1(C(=O)O)CCCC1(C)C. The van der Waals surface area contributed by atoms with Gasteiger partial charge in [-0.2, -0.15) is 0 Å². The number of carboxylic acid groups (broad SMARTS) is 1. The van der Waals surface area contributed by atoms with E-state index in [9.17, 15) is 9.90 Å².